The molecule has 0 aliphatic carbocycles. The number of nitriles is 1. The van der Waals surface area contributed by atoms with Gasteiger partial charge in [0.25, 0.3) is 0 Å². The lowest BCUT2D eigenvalue weighted by molar-refractivity contribution is 0.0536. The molecule has 0 aromatic heterocycles. The molecule has 2 bridgehead atoms. The van der Waals surface area contributed by atoms with Crippen LogP contribution in [0.2, 0.25) is 0 Å². The Kier molecular flexibility index (Phi) is 4.49. The fraction of sp³-hybridized carbons (Fsp3) is 0.923. The highest BCUT2D eigenvalue weighted by atomic mass is 32.2. The van der Waals surface area contributed by atoms with Crippen molar-refractivity contribution in [3.05, 3.63) is 0 Å². The Morgan fingerprint density at radius 1 is 1.37 bits per heavy atom. The number of sulfonamides is 1. The maximum Gasteiger partial charge on any atom is 0.228 e. The Morgan fingerprint density at radius 2 is 1.95 bits per heavy atom. The molecule has 0 aromatic carbocycles. The molecule has 0 radical (unpaired) electrons. The van der Waals surface area contributed by atoms with Gasteiger partial charge >= 0.3 is 0 Å². The van der Waals surface area contributed by atoms with E-state index in [2.05, 4.69) is 16.7 Å². The molecule has 3 unspecified atom stereocenters. The van der Waals surface area contributed by atoms with Crippen molar-refractivity contribution in [3.8, 4) is 6.07 Å². The van der Waals surface area contributed by atoms with E-state index < -0.39 is 15.3 Å². The standard InChI is InChI=1S/C13H23N3O2S/c1-3-13(9-14)19(17,18)15-10-7-11-5-4-6-12(8-10)16(11)2/h10-13,15H,3-8H2,1-2H3. The molecule has 3 atom stereocenters. The minimum atomic E-state index is -3.50. The van der Waals surface area contributed by atoms with Gasteiger partial charge in [0.15, 0.2) is 5.25 Å². The molecule has 2 fully saturated rings. The summed E-state index contributed by atoms with van der Waals surface area (Å²) in [5, 5.41) is 7.99. The molecule has 0 aromatic rings. The highest BCUT2D eigenvalue weighted by molar-refractivity contribution is 7.90. The number of fused-ring (bicyclic) bond motifs is 2. The van der Waals surface area contributed by atoms with E-state index in [1.54, 1.807) is 6.92 Å². The Balaban J connectivity index is 2.03. The number of piperidine rings is 2. The van der Waals surface area contributed by atoms with Gasteiger partial charge in [-0.25, -0.2) is 13.1 Å². The average Bonchev–Trinajstić information content (AvgIpc) is 2.31. The fourth-order valence-electron chi connectivity index (χ4n) is 3.41. The van der Waals surface area contributed by atoms with E-state index in [9.17, 15) is 8.42 Å². The van der Waals surface area contributed by atoms with Gasteiger partial charge in [-0.1, -0.05) is 13.3 Å². The molecule has 0 saturated carbocycles. The lowest BCUT2D eigenvalue weighted by Crippen LogP contribution is -2.56. The van der Waals surface area contributed by atoms with Crippen molar-refractivity contribution < 1.29 is 8.42 Å². The third kappa shape index (κ3) is 3.10. The highest BCUT2D eigenvalue weighted by Gasteiger charge is 2.38. The van der Waals surface area contributed by atoms with Gasteiger partial charge in [-0.05, 0) is 39.2 Å². The van der Waals surface area contributed by atoms with Gasteiger partial charge in [0.2, 0.25) is 10.0 Å². The summed E-state index contributed by atoms with van der Waals surface area (Å²) in [6, 6.07) is 2.86. The number of nitrogens with one attached hydrogen (secondary N) is 1. The smallest absolute Gasteiger partial charge is 0.228 e. The van der Waals surface area contributed by atoms with Crippen molar-refractivity contribution in [1.29, 1.82) is 5.26 Å². The highest BCUT2D eigenvalue weighted by Crippen LogP contribution is 2.33. The van der Waals surface area contributed by atoms with Crippen molar-refractivity contribution in [2.24, 2.45) is 0 Å². The maximum absolute atomic E-state index is 12.1. The molecule has 19 heavy (non-hydrogen) atoms. The van der Waals surface area contributed by atoms with Gasteiger partial charge in [0, 0.05) is 18.1 Å². The van der Waals surface area contributed by atoms with E-state index in [0.717, 1.165) is 25.7 Å². The van der Waals surface area contributed by atoms with Crippen LogP contribution in [0.3, 0.4) is 0 Å². The van der Waals surface area contributed by atoms with E-state index in [0.29, 0.717) is 18.5 Å². The monoisotopic (exact) mass is 285 g/mol. The van der Waals surface area contributed by atoms with Gasteiger partial charge in [-0.3, -0.25) is 0 Å². The first-order valence-corrected chi connectivity index (χ1v) is 8.65. The van der Waals surface area contributed by atoms with Crippen LogP contribution in [0.4, 0.5) is 0 Å². The topological polar surface area (TPSA) is 73.2 Å². The lowest BCUT2D eigenvalue weighted by Gasteiger charge is -2.47. The summed E-state index contributed by atoms with van der Waals surface area (Å²) < 4.78 is 27.0. The van der Waals surface area contributed by atoms with Crippen LogP contribution in [0.15, 0.2) is 0 Å². The summed E-state index contributed by atoms with van der Waals surface area (Å²) >= 11 is 0. The Bertz CT molecular complexity index is 443. The first-order chi connectivity index (χ1) is 8.97. The Hall–Kier alpha value is -0.640. The van der Waals surface area contributed by atoms with E-state index in [1.807, 2.05) is 6.07 Å². The third-order valence-electron chi connectivity index (χ3n) is 4.56. The second kappa shape index (κ2) is 5.78. The molecule has 2 rings (SSSR count). The van der Waals surface area contributed by atoms with Crippen LogP contribution in [0, 0.1) is 11.3 Å². The van der Waals surface area contributed by atoms with Crippen LogP contribution in [-0.2, 0) is 10.0 Å². The summed E-state index contributed by atoms with van der Waals surface area (Å²) in [5.74, 6) is 0. The fourth-order valence-corrected chi connectivity index (χ4v) is 4.81. The summed E-state index contributed by atoms with van der Waals surface area (Å²) in [6.07, 6.45) is 5.63. The van der Waals surface area contributed by atoms with Gasteiger partial charge < -0.3 is 4.90 Å². The molecule has 2 aliphatic rings. The minimum absolute atomic E-state index is 0.00102. The molecule has 2 heterocycles. The molecule has 2 aliphatic heterocycles. The van der Waals surface area contributed by atoms with Crippen LogP contribution in [0.5, 0.6) is 0 Å². The summed E-state index contributed by atoms with van der Waals surface area (Å²) in [7, 11) is -1.36. The van der Waals surface area contributed by atoms with E-state index in [1.165, 1.54) is 6.42 Å². The van der Waals surface area contributed by atoms with Gasteiger partial charge in [0.1, 0.15) is 0 Å². The predicted molar refractivity (Wildman–Crippen MR) is 74.0 cm³/mol. The van der Waals surface area contributed by atoms with Crippen LogP contribution in [-0.4, -0.2) is 43.7 Å². The molecular formula is C13H23N3O2S. The van der Waals surface area contributed by atoms with Gasteiger partial charge in [-0.2, -0.15) is 5.26 Å². The normalized spacial score (nSPS) is 33.6. The predicted octanol–water partition coefficient (Wildman–Crippen LogP) is 1.22. The van der Waals surface area contributed by atoms with Gasteiger partial charge in [0.05, 0.1) is 6.07 Å². The minimum Gasteiger partial charge on any atom is -0.300 e. The zero-order chi connectivity index (χ0) is 14.0. The van der Waals surface area contributed by atoms with Gasteiger partial charge in [-0.15, -0.1) is 0 Å². The zero-order valence-electron chi connectivity index (χ0n) is 11.7. The summed E-state index contributed by atoms with van der Waals surface area (Å²) in [6.45, 7) is 1.73. The van der Waals surface area contributed by atoms with Crippen LogP contribution >= 0.6 is 0 Å². The number of nitrogens with zero attached hydrogens (tertiary/aromatic N) is 2. The second-order valence-corrected chi connectivity index (χ2v) is 7.66. The Morgan fingerprint density at radius 3 is 2.42 bits per heavy atom. The number of rotatable bonds is 4. The van der Waals surface area contributed by atoms with Crippen molar-refractivity contribution in [2.45, 2.75) is 68.8 Å². The average molecular weight is 285 g/mol. The molecule has 0 spiro atoms. The second-order valence-electron chi connectivity index (χ2n) is 5.76. The molecule has 108 valence electrons. The van der Waals surface area contributed by atoms with Crippen molar-refractivity contribution in [2.75, 3.05) is 7.05 Å². The van der Waals surface area contributed by atoms with E-state index in [4.69, 9.17) is 5.26 Å². The van der Waals surface area contributed by atoms with E-state index >= 15 is 0 Å². The lowest BCUT2D eigenvalue weighted by atomic mass is 9.83. The van der Waals surface area contributed by atoms with Crippen LogP contribution in [0.25, 0.3) is 0 Å². The molecule has 2 saturated heterocycles. The molecule has 0 amide bonds. The first-order valence-electron chi connectivity index (χ1n) is 7.10. The van der Waals surface area contributed by atoms with Crippen LogP contribution < -0.4 is 4.72 Å². The molecule has 5 nitrogen and oxygen atoms in total. The number of hydrogen-bond acceptors (Lipinski definition) is 4. The van der Waals surface area contributed by atoms with Crippen molar-refractivity contribution in [3.63, 3.8) is 0 Å². The van der Waals surface area contributed by atoms with Crippen molar-refractivity contribution >= 4 is 10.0 Å². The maximum atomic E-state index is 12.1. The third-order valence-corrected chi connectivity index (χ3v) is 6.41. The quantitative estimate of drug-likeness (QED) is 0.843. The SMILES string of the molecule is CCC(C#N)S(=O)(=O)NC1CC2CCCC(C1)N2C. The van der Waals surface area contributed by atoms with Crippen molar-refractivity contribution in [1.82, 2.24) is 9.62 Å². The molecule has 1 N–H and O–H groups in total. The molecule has 6 heteroatoms. The largest absolute Gasteiger partial charge is 0.300 e. The Labute approximate surface area is 116 Å². The number of hydrogen-bond donors (Lipinski definition) is 1. The molecular weight excluding hydrogens is 262 g/mol. The first kappa shape index (κ1) is 14.8. The summed E-state index contributed by atoms with van der Waals surface area (Å²) in [4.78, 5) is 2.40. The zero-order valence-corrected chi connectivity index (χ0v) is 12.5. The summed E-state index contributed by atoms with van der Waals surface area (Å²) in [5.41, 5.74) is 0. The van der Waals surface area contributed by atoms with Crippen LogP contribution in [0.1, 0.15) is 45.4 Å². The van der Waals surface area contributed by atoms with E-state index in [-0.39, 0.29) is 6.04 Å².